The summed E-state index contributed by atoms with van der Waals surface area (Å²) < 4.78 is 33.2. The average Bonchev–Trinajstić information content (AvgIpc) is 3.29. The largest absolute Gasteiger partial charge is 0.492 e. The van der Waals surface area contributed by atoms with Crippen LogP contribution >= 0.6 is 0 Å². The van der Waals surface area contributed by atoms with Crippen molar-refractivity contribution in [3.63, 3.8) is 0 Å². The normalized spacial score (nSPS) is 14.4. The maximum absolute atomic E-state index is 13.1. The van der Waals surface area contributed by atoms with Crippen LogP contribution in [0.4, 0.5) is 11.4 Å². The Bertz CT molecular complexity index is 998. The molecule has 0 atom stereocenters. The van der Waals surface area contributed by atoms with Crippen molar-refractivity contribution in [2.45, 2.75) is 37.5 Å². The molecule has 0 aromatic heterocycles. The van der Waals surface area contributed by atoms with Crippen LogP contribution in [0.1, 0.15) is 31.7 Å². The molecule has 0 aliphatic carbocycles. The Labute approximate surface area is 185 Å². The maximum atomic E-state index is 13.1. The summed E-state index contributed by atoms with van der Waals surface area (Å²) >= 11 is 0. The first-order chi connectivity index (χ1) is 14.8. The number of hydrogen-bond acceptors (Lipinski definition) is 5. The molecule has 8 heteroatoms. The van der Waals surface area contributed by atoms with Crippen LogP contribution in [0.25, 0.3) is 0 Å². The zero-order chi connectivity index (χ0) is 22.4. The number of nitrogens with zero attached hydrogens (tertiary/aromatic N) is 2. The molecule has 2 aromatic rings. The Kier molecular flexibility index (Phi) is 7.56. The molecule has 1 N–H and O–H groups in total. The Balaban J connectivity index is 1.70. The van der Waals surface area contributed by atoms with Gasteiger partial charge in [0.1, 0.15) is 10.6 Å². The highest BCUT2D eigenvalue weighted by molar-refractivity contribution is 7.89. The van der Waals surface area contributed by atoms with Gasteiger partial charge in [-0.2, -0.15) is 4.31 Å². The molecule has 0 unspecified atom stereocenters. The highest BCUT2D eigenvalue weighted by Gasteiger charge is 2.30. The molecular formula is C23H31N3O4S. The molecule has 1 amide bonds. The topological polar surface area (TPSA) is 79.0 Å². The number of anilines is 2. The number of sulfonamides is 1. The van der Waals surface area contributed by atoms with E-state index in [-0.39, 0.29) is 10.8 Å². The predicted molar refractivity (Wildman–Crippen MR) is 123 cm³/mol. The second-order valence-electron chi connectivity index (χ2n) is 7.81. The van der Waals surface area contributed by atoms with Gasteiger partial charge in [-0.15, -0.1) is 0 Å². The minimum atomic E-state index is -3.66. The van der Waals surface area contributed by atoms with Gasteiger partial charge in [0.2, 0.25) is 15.9 Å². The minimum absolute atomic E-state index is 0.105. The van der Waals surface area contributed by atoms with Crippen LogP contribution in [0.2, 0.25) is 0 Å². The third kappa shape index (κ3) is 5.77. The Morgan fingerprint density at radius 2 is 1.77 bits per heavy atom. The summed E-state index contributed by atoms with van der Waals surface area (Å²) in [5.41, 5.74) is 2.63. The van der Waals surface area contributed by atoms with Crippen LogP contribution in [0.3, 0.4) is 0 Å². The quantitative estimate of drug-likeness (QED) is 0.639. The van der Waals surface area contributed by atoms with Crippen LogP contribution in [0, 0.1) is 0 Å². The molecular weight excluding hydrogens is 414 g/mol. The van der Waals surface area contributed by atoms with E-state index in [1.807, 2.05) is 50.2 Å². The van der Waals surface area contributed by atoms with Gasteiger partial charge in [0.15, 0.2) is 0 Å². The van der Waals surface area contributed by atoms with Crippen molar-refractivity contribution >= 4 is 27.3 Å². The fourth-order valence-corrected chi connectivity index (χ4v) is 5.25. The van der Waals surface area contributed by atoms with Gasteiger partial charge in [-0.3, -0.25) is 4.79 Å². The first-order valence-corrected chi connectivity index (χ1v) is 12.1. The van der Waals surface area contributed by atoms with E-state index < -0.39 is 10.0 Å². The van der Waals surface area contributed by atoms with E-state index >= 15 is 0 Å². The molecule has 1 fully saturated rings. The van der Waals surface area contributed by atoms with Gasteiger partial charge in [-0.1, -0.05) is 12.1 Å². The number of ether oxygens (including phenoxy) is 1. The third-order valence-corrected chi connectivity index (χ3v) is 7.22. The van der Waals surface area contributed by atoms with Crippen molar-refractivity contribution < 1.29 is 17.9 Å². The molecule has 168 valence electrons. The average molecular weight is 446 g/mol. The summed E-state index contributed by atoms with van der Waals surface area (Å²) in [5, 5.41) is 2.83. The lowest BCUT2D eigenvalue weighted by Gasteiger charge is -2.19. The van der Waals surface area contributed by atoms with Crippen molar-refractivity contribution in [1.29, 1.82) is 0 Å². The number of rotatable bonds is 9. The van der Waals surface area contributed by atoms with Crippen molar-refractivity contribution in [1.82, 2.24) is 4.31 Å². The Morgan fingerprint density at radius 3 is 2.39 bits per heavy atom. The van der Waals surface area contributed by atoms with Gasteiger partial charge < -0.3 is 15.0 Å². The summed E-state index contributed by atoms with van der Waals surface area (Å²) in [4.78, 5) is 14.6. The molecule has 0 saturated carbocycles. The fourth-order valence-electron chi connectivity index (χ4n) is 3.57. The monoisotopic (exact) mass is 445 g/mol. The van der Waals surface area contributed by atoms with Gasteiger partial charge >= 0.3 is 0 Å². The molecule has 2 aromatic carbocycles. The molecule has 31 heavy (non-hydrogen) atoms. The van der Waals surface area contributed by atoms with Crippen LogP contribution in [-0.4, -0.2) is 52.4 Å². The van der Waals surface area contributed by atoms with E-state index in [1.165, 1.54) is 10.4 Å². The SMILES string of the molecule is CCOc1ccc(NC(=O)CCc2ccc(N(C)C)cc2)cc1S(=O)(=O)N1CCCC1. The summed E-state index contributed by atoms with van der Waals surface area (Å²) in [6.45, 7) is 3.20. The Hall–Kier alpha value is -2.58. The molecule has 1 heterocycles. The van der Waals surface area contributed by atoms with Crippen molar-refractivity contribution in [2.75, 3.05) is 44.0 Å². The molecule has 0 radical (unpaired) electrons. The number of nitrogens with one attached hydrogen (secondary N) is 1. The second-order valence-corrected chi connectivity index (χ2v) is 9.72. The van der Waals surface area contributed by atoms with Gasteiger partial charge in [-0.05, 0) is 62.1 Å². The molecule has 3 rings (SSSR count). The number of carbonyl (C=O) groups is 1. The zero-order valence-electron chi connectivity index (χ0n) is 18.4. The molecule has 1 aliphatic heterocycles. The van der Waals surface area contributed by atoms with E-state index in [1.54, 1.807) is 12.1 Å². The predicted octanol–water partition coefficient (Wildman–Crippen LogP) is 3.51. The van der Waals surface area contributed by atoms with Crippen LogP contribution in [0.5, 0.6) is 5.75 Å². The number of hydrogen-bond donors (Lipinski definition) is 1. The van der Waals surface area contributed by atoms with Crippen LogP contribution < -0.4 is 15.0 Å². The first kappa shape index (κ1) is 23.1. The van der Waals surface area contributed by atoms with E-state index in [0.717, 1.165) is 24.1 Å². The lowest BCUT2D eigenvalue weighted by Crippen LogP contribution is -2.28. The molecule has 1 aliphatic rings. The van der Waals surface area contributed by atoms with Gasteiger partial charge in [0, 0.05) is 45.0 Å². The summed E-state index contributed by atoms with van der Waals surface area (Å²) in [5.74, 6) is 0.152. The highest BCUT2D eigenvalue weighted by Crippen LogP contribution is 2.31. The minimum Gasteiger partial charge on any atom is -0.492 e. The molecule has 7 nitrogen and oxygen atoms in total. The summed E-state index contributed by atoms with van der Waals surface area (Å²) in [6.07, 6.45) is 2.63. The van der Waals surface area contributed by atoms with E-state index in [9.17, 15) is 13.2 Å². The fraction of sp³-hybridized carbons (Fsp3) is 0.435. The zero-order valence-corrected chi connectivity index (χ0v) is 19.2. The van der Waals surface area contributed by atoms with Crippen molar-refractivity contribution in [3.8, 4) is 5.75 Å². The molecule has 1 saturated heterocycles. The van der Waals surface area contributed by atoms with E-state index in [2.05, 4.69) is 5.32 Å². The van der Waals surface area contributed by atoms with Gasteiger partial charge in [-0.25, -0.2) is 8.42 Å². The second kappa shape index (κ2) is 10.2. The standard InChI is InChI=1S/C23H31N3O4S/c1-4-30-21-13-10-19(17-22(21)31(28,29)26-15-5-6-16-26)24-23(27)14-9-18-7-11-20(12-8-18)25(2)3/h7-8,10-13,17H,4-6,9,14-16H2,1-3H3,(H,24,27). The lowest BCUT2D eigenvalue weighted by molar-refractivity contribution is -0.116. The van der Waals surface area contributed by atoms with Crippen molar-refractivity contribution in [2.24, 2.45) is 0 Å². The molecule has 0 spiro atoms. The first-order valence-electron chi connectivity index (χ1n) is 10.6. The summed E-state index contributed by atoms with van der Waals surface area (Å²) in [7, 11) is 0.304. The van der Waals surface area contributed by atoms with Crippen LogP contribution in [-0.2, 0) is 21.2 Å². The molecule has 0 bridgehead atoms. The number of aryl methyl sites for hydroxylation is 1. The smallest absolute Gasteiger partial charge is 0.246 e. The van der Waals surface area contributed by atoms with E-state index in [4.69, 9.17) is 4.74 Å². The number of benzene rings is 2. The summed E-state index contributed by atoms with van der Waals surface area (Å²) in [6, 6.07) is 12.9. The van der Waals surface area contributed by atoms with Gasteiger partial charge in [0.05, 0.1) is 6.61 Å². The lowest BCUT2D eigenvalue weighted by atomic mass is 10.1. The van der Waals surface area contributed by atoms with Crippen LogP contribution in [0.15, 0.2) is 47.4 Å². The highest BCUT2D eigenvalue weighted by atomic mass is 32.2. The van der Waals surface area contributed by atoms with Crippen molar-refractivity contribution in [3.05, 3.63) is 48.0 Å². The Morgan fingerprint density at radius 1 is 1.10 bits per heavy atom. The number of amides is 1. The maximum Gasteiger partial charge on any atom is 0.246 e. The third-order valence-electron chi connectivity index (χ3n) is 5.30. The van der Waals surface area contributed by atoms with E-state index in [0.29, 0.717) is 44.0 Å². The number of carbonyl (C=O) groups excluding carboxylic acids is 1. The van der Waals surface area contributed by atoms with Gasteiger partial charge in [0.25, 0.3) is 0 Å².